The summed E-state index contributed by atoms with van der Waals surface area (Å²) in [6, 6.07) is 11.5. The zero-order valence-corrected chi connectivity index (χ0v) is 15.4. The van der Waals surface area contributed by atoms with Gasteiger partial charge in [-0.05, 0) is 73.8 Å². The molecule has 26 heavy (non-hydrogen) atoms. The summed E-state index contributed by atoms with van der Waals surface area (Å²) in [6.07, 6.45) is 5.43. The van der Waals surface area contributed by atoms with Crippen LogP contribution in [-0.2, 0) is 0 Å². The van der Waals surface area contributed by atoms with Crippen molar-refractivity contribution in [1.82, 2.24) is 9.88 Å². The third-order valence-corrected chi connectivity index (χ3v) is 5.48. The van der Waals surface area contributed by atoms with Gasteiger partial charge in [0.15, 0.2) is 0 Å². The molecule has 2 aliphatic heterocycles. The van der Waals surface area contributed by atoms with Gasteiger partial charge in [0.25, 0.3) is 0 Å². The summed E-state index contributed by atoms with van der Waals surface area (Å²) in [5.74, 6) is 1.17. The molecule has 1 N–H and O–H groups in total. The van der Waals surface area contributed by atoms with Crippen molar-refractivity contribution in [1.29, 1.82) is 0 Å². The van der Waals surface area contributed by atoms with Gasteiger partial charge in [-0.1, -0.05) is 17.7 Å². The lowest BCUT2D eigenvalue weighted by Crippen LogP contribution is -2.37. The molecule has 2 aromatic rings. The topological polar surface area (TPSA) is 45.6 Å². The summed E-state index contributed by atoms with van der Waals surface area (Å²) in [5, 5.41) is 11.3. The highest BCUT2D eigenvalue weighted by molar-refractivity contribution is 6.30. The van der Waals surface area contributed by atoms with Crippen LogP contribution in [0.15, 0.2) is 48.2 Å². The van der Waals surface area contributed by atoms with Crippen molar-refractivity contribution >= 4 is 17.7 Å². The summed E-state index contributed by atoms with van der Waals surface area (Å²) < 4.78 is 5.85. The van der Waals surface area contributed by atoms with Crippen LogP contribution in [0.2, 0.25) is 5.02 Å². The number of ether oxygens (including phenoxy) is 1. The molecule has 0 amide bonds. The van der Waals surface area contributed by atoms with Gasteiger partial charge in [-0.25, -0.2) is 0 Å². The molecule has 0 spiro atoms. The Bertz CT molecular complexity index is 786. The standard InChI is InChI=1S/C21H23ClN2O2/c22-18-4-5-20-17(12-18)11-15(14-26-20)13-24-9-6-16(7-10-24)21(25)19-3-1-2-8-23-19/h1-5,8,11-12,16,21,25H,6-7,9-10,13-14H2/t21-/m0/s1. The lowest BCUT2D eigenvalue weighted by Gasteiger charge is -2.35. The Morgan fingerprint density at radius 1 is 1.23 bits per heavy atom. The minimum absolute atomic E-state index is 0.275. The number of halogens is 1. The number of benzene rings is 1. The molecule has 0 bridgehead atoms. The van der Waals surface area contributed by atoms with Gasteiger partial charge in [-0.15, -0.1) is 0 Å². The molecule has 1 fully saturated rings. The lowest BCUT2D eigenvalue weighted by molar-refractivity contribution is 0.0580. The molecule has 0 aliphatic carbocycles. The summed E-state index contributed by atoms with van der Waals surface area (Å²) in [7, 11) is 0. The van der Waals surface area contributed by atoms with Crippen molar-refractivity contribution in [2.24, 2.45) is 5.92 Å². The van der Waals surface area contributed by atoms with Crippen LogP contribution in [0.3, 0.4) is 0 Å². The van der Waals surface area contributed by atoms with Crippen molar-refractivity contribution in [3.63, 3.8) is 0 Å². The molecule has 136 valence electrons. The van der Waals surface area contributed by atoms with Crippen molar-refractivity contribution in [2.45, 2.75) is 18.9 Å². The molecule has 0 saturated carbocycles. The Morgan fingerprint density at radius 2 is 2.08 bits per heavy atom. The summed E-state index contributed by atoms with van der Waals surface area (Å²) in [5.41, 5.74) is 3.10. The fourth-order valence-electron chi connectivity index (χ4n) is 3.79. The maximum atomic E-state index is 10.6. The predicted octanol–water partition coefficient (Wildman–Crippen LogP) is 3.96. The summed E-state index contributed by atoms with van der Waals surface area (Å²) in [4.78, 5) is 6.73. The van der Waals surface area contributed by atoms with Crippen LogP contribution in [0, 0.1) is 5.92 Å². The van der Waals surface area contributed by atoms with E-state index in [1.165, 1.54) is 5.57 Å². The Balaban J connectivity index is 1.34. The van der Waals surface area contributed by atoms with Gasteiger partial charge in [0.1, 0.15) is 12.4 Å². The van der Waals surface area contributed by atoms with Crippen molar-refractivity contribution in [3.8, 4) is 5.75 Å². The van der Waals surface area contributed by atoms with E-state index in [2.05, 4.69) is 16.0 Å². The largest absolute Gasteiger partial charge is 0.489 e. The Kier molecular flexibility index (Phi) is 5.25. The van der Waals surface area contributed by atoms with Crippen LogP contribution in [-0.4, -0.2) is 41.2 Å². The smallest absolute Gasteiger partial charge is 0.127 e. The quantitative estimate of drug-likeness (QED) is 0.884. The van der Waals surface area contributed by atoms with E-state index in [0.29, 0.717) is 6.61 Å². The number of rotatable bonds is 4. The van der Waals surface area contributed by atoms with Crippen molar-refractivity contribution in [2.75, 3.05) is 26.2 Å². The number of piperidine rings is 1. The maximum absolute atomic E-state index is 10.6. The van der Waals surface area contributed by atoms with Crippen LogP contribution >= 0.6 is 11.6 Å². The van der Waals surface area contributed by atoms with E-state index in [1.807, 2.05) is 36.4 Å². The first-order valence-electron chi connectivity index (χ1n) is 9.12. The monoisotopic (exact) mass is 370 g/mol. The first-order valence-corrected chi connectivity index (χ1v) is 9.50. The second kappa shape index (κ2) is 7.78. The number of nitrogens with zero attached hydrogens (tertiary/aromatic N) is 2. The zero-order chi connectivity index (χ0) is 17.9. The average Bonchev–Trinajstić information content (AvgIpc) is 2.68. The van der Waals surface area contributed by atoms with E-state index in [9.17, 15) is 5.11 Å². The molecule has 4 nitrogen and oxygen atoms in total. The van der Waals surface area contributed by atoms with Crippen molar-refractivity contribution in [3.05, 3.63) is 64.4 Å². The molecule has 2 aliphatic rings. The predicted molar refractivity (Wildman–Crippen MR) is 103 cm³/mol. The van der Waals surface area contributed by atoms with Crippen LogP contribution in [0.4, 0.5) is 0 Å². The van der Waals surface area contributed by atoms with E-state index in [1.54, 1.807) is 6.20 Å². The minimum atomic E-state index is -0.468. The van der Waals surface area contributed by atoms with Gasteiger partial charge >= 0.3 is 0 Å². The molecule has 1 atom stereocenters. The fourth-order valence-corrected chi connectivity index (χ4v) is 3.97. The highest BCUT2D eigenvalue weighted by Gasteiger charge is 2.27. The Labute approximate surface area is 159 Å². The third-order valence-electron chi connectivity index (χ3n) is 5.24. The number of aromatic nitrogens is 1. The summed E-state index contributed by atoms with van der Waals surface area (Å²) >= 11 is 6.09. The van der Waals surface area contributed by atoms with E-state index < -0.39 is 6.10 Å². The van der Waals surface area contributed by atoms with Crippen molar-refractivity contribution < 1.29 is 9.84 Å². The first-order chi connectivity index (χ1) is 12.7. The number of pyridine rings is 1. The van der Waals surface area contributed by atoms with Crippen LogP contribution in [0.5, 0.6) is 5.75 Å². The number of likely N-dealkylation sites (tertiary alicyclic amines) is 1. The SMILES string of the molecule is O[C@H](c1ccccn1)C1CCN(CC2=Cc3cc(Cl)ccc3OC2)CC1. The molecular formula is C21H23ClN2O2. The lowest BCUT2D eigenvalue weighted by atomic mass is 9.89. The number of hydrogen-bond donors (Lipinski definition) is 1. The minimum Gasteiger partial charge on any atom is -0.489 e. The normalized spacial score (nSPS) is 19.4. The van der Waals surface area contributed by atoms with E-state index in [0.717, 1.165) is 54.5 Å². The number of aliphatic hydroxyl groups is 1. The third kappa shape index (κ3) is 3.93. The van der Waals surface area contributed by atoms with Crippen LogP contribution in [0.1, 0.15) is 30.2 Å². The van der Waals surface area contributed by atoms with Gasteiger partial charge in [-0.3, -0.25) is 9.88 Å². The Morgan fingerprint density at radius 3 is 2.85 bits per heavy atom. The Hall–Kier alpha value is -1.88. The highest BCUT2D eigenvalue weighted by atomic mass is 35.5. The number of hydrogen-bond acceptors (Lipinski definition) is 4. The van der Waals surface area contributed by atoms with Gasteiger partial charge in [0.2, 0.25) is 0 Å². The average molecular weight is 371 g/mol. The molecule has 3 heterocycles. The van der Waals surface area contributed by atoms with Gasteiger partial charge in [0.05, 0.1) is 11.8 Å². The molecule has 0 radical (unpaired) electrons. The van der Waals surface area contributed by atoms with E-state index >= 15 is 0 Å². The van der Waals surface area contributed by atoms with Gasteiger partial charge in [0, 0.05) is 23.3 Å². The second-order valence-electron chi connectivity index (χ2n) is 7.09. The molecule has 1 saturated heterocycles. The second-order valence-corrected chi connectivity index (χ2v) is 7.52. The molecular weight excluding hydrogens is 348 g/mol. The number of aliphatic hydroxyl groups excluding tert-OH is 1. The fraction of sp³-hybridized carbons (Fsp3) is 0.381. The summed E-state index contributed by atoms with van der Waals surface area (Å²) in [6.45, 7) is 3.49. The van der Waals surface area contributed by atoms with Gasteiger partial charge in [-0.2, -0.15) is 0 Å². The molecule has 4 rings (SSSR count). The molecule has 5 heteroatoms. The molecule has 0 unspecified atom stereocenters. The van der Waals surface area contributed by atoms with E-state index in [4.69, 9.17) is 16.3 Å². The highest BCUT2D eigenvalue weighted by Crippen LogP contribution is 2.32. The maximum Gasteiger partial charge on any atom is 0.127 e. The van der Waals surface area contributed by atoms with Crippen LogP contribution < -0.4 is 4.74 Å². The van der Waals surface area contributed by atoms with Crippen LogP contribution in [0.25, 0.3) is 6.08 Å². The zero-order valence-electron chi connectivity index (χ0n) is 14.6. The molecule has 1 aromatic heterocycles. The molecule has 1 aromatic carbocycles. The van der Waals surface area contributed by atoms with E-state index in [-0.39, 0.29) is 5.92 Å². The number of fused-ring (bicyclic) bond motifs is 1. The first kappa shape index (κ1) is 17.5. The van der Waals surface area contributed by atoms with Gasteiger partial charge < -0.3 is 9.84 Å².